The van der Waals surface area contributed by atoms with E-state index in [2.05, 4.69) is 51.1 Å². The van der Waals surface area contributed by atoms with Gasteiger partial charge < -0.3 is 4.74 Å². The van der Waals surface area contributed by atoms with Crippen molar-refractivity contribution in [2.24, 2.45) is 35.5 Å². The first-order valence-corrected chi connectivity index (χ1v) is 11.4. The van der Waals surface area contributed by atoms with Crippen molar-refractivity contribution >= 4 is 17.5 Å². The Hall–Kier alpha value is -2.88. The second-order valence-electron chi connectivity index (χ2n) is 9.96. The third-order valence-electron chi connectivity index (χ3n) is 7.78. The van der Waals surface area contributed by atoms with Crippen LogP contribution in [-0.4, -0.2) is 11.8 Å². The van der Waals surface area contributed by atoms with E-state index in [9.17, 15) is 9.59 Å². The molecule has 7 rings (SSSR count). The number of aryl methyl sites for hydroxylation is 1. The Morgan fingerprint density at radius 3 is 2.10 bits per heavy atom. The van der Waals surface area contributed by atoms with Gasteiger partial charge in [0.2, 0.25) is 11.8 Å². The number of imide groups is 1. The molecule has 1 saturated heterocycles. The van der Waals surface area contributed by atoms with Crippen LogP contribution >= 0.6 is 0 Å². The molecule has 0 spiro atoms. The Balaban J connectivity index is 1.26. The van der Waals surface area contributed by atoms with E-state index < -0.39 is 0 Å². The van der Waals surface area contributed by atoms with Gasteiger partial charge >= 0.3 is 0 Å². The van der Waals surface area contributed by atoms with Crippen LogP contribution in [0.5, 0.6) is 11.5 Å². The average molecular weight is 414 g/mol. The fourth-order valence-corrected chi connectivity index (χ4v) is 6.21. The Labute approximate surface area is 182 Å². The maximum atomic E-state index is 13.3. The smallest absolute Gasteiger partial charge is 0.238 e. The Bertz CT molecular complexity index is 1080. The summed E-state index contributed by atoms with van der Waals surface area (Å²) in [7, 11) is 0. The third kappa shape index (κ3) is 2.73. The number of hydrogen-bond donors (Lipinski definition) is 0. The third-order valence-corrected chi connectivity index (χ3v) is 7.78. The second kappa shape index (κ2) is 6.56. The molecule has 5 aliphatic rings. The SMILES string of the molecule is Cc1ccc(C(C)C)c(Oc2ccc(N3C(=O)[C@@H]4[C@@H]5C=C[C@H]([C@@H]6C[C@H]56)[C@@H]4C3=O)cc2)c1. The van der Waals surface area contributed by atoms with Gasteiger partial charge in [0.1, 0.15) is 11.5 Å². The first-order chi connectivity index (χ1) is 14.9. The van der Waals surface area contributed by atoms with E-state index in [0.29, 0.717) is 29.2 Å². The van der Waals surface area contributed by atoms with Crippen LogP contribution in [0, 0.1) is 42.4 Å². The van der Waals surface area contributed by atoms with Gasteiger partial charge in [0.15, 0.2) is 0 Å². The number of ether oxygens (including phenoxy) is 1. The minimum atomic E-state index is -0.164. The molecule has 2 bridgehead atoms. The van der Waals surface area contributed by atoms with Gasteiger partial charge in [-0.25, -0.2) is 0 Å². The molecule has 0 unspecified atom stereocenters. The maximum absolute atomic E-state index is 13.3. The normalized spacial score (nSPS) is 32.5. The summed E-state index contributed by atoms with van der Waals surface area (Å²) in [6.45, 7) is 6.35. The van der Waals surface area contributed by atoms with Crippen LogP contribution in [0.15, 0.2) is 54.6 Å². The van der Waals surface area contributed by atoms with E-state index in [4.69, 9.17) is 4.74 Å². The lowest BCUT2D eigenvalue weighted by molar-refractivity contribution is -0.124. The molecule has 6 atom stereocenters. The first kappa shape index (κ1) is 18.9. The molecule has 2 aromatic rings. The zero-order valence-electron chi connectivity index (χ0n) is 18.1. The standard InChI is InChI=1S/C27H27NO3/c1-14(2)18-9-4-15(3)12-23(18)31-17-7-5-16(6-8-17)28-26(29)24-19-10-11-20(22-13-21(19)22)25(24)27(28)30/h4-12,14,19-22,24-25H,13H2,1-3H3/t19-,20-,21-,22+,24-,25+/m1/s1. The molecule has 0 N–H and O–H groups in total. The van der Waals surface area contributed by atoms with Gasteiger partial charge in [0.05, 0.1) is 17.5 Å². The Morgan fingerprint density at radius 2 is 1.52 bits per heavy atom. The second-order valence-corrected chi connectivity index (χ2v) is 9.96. The van der Waals surface area contributed by atoms with Crippen molar-refractivity contribution in [3.05, 3.63) is 65.7 Å². The summed E-state index contributed by atoms with van der Waals surface area (Å²) in [5.74, 6) is 3.28. The maximum Gasteiger partial charge on any atom is 0.238 e. The molecule has 0 aromatic heterocycles. The van der Waals surface area contributed by atoms with Gasteiger partial charge in [-0.05, 0) is 84.4 Å². The molecular formula is C27H27NO3. The zero-order valence-corrected chi connectivity index (χ0v) is 18.1. The minimum absolute atomic E-state index is 0.0193. The van der Waals surface area contributed by atoms with Crippen molar-refractivity contribution in [1.29, 1.82) is 0 Å². The van der Waals surface area contributed by atoms with Crippen LogP contribution in [0.25, 0.3) is 0 Å². The molecule has 0 radical (unpaired) electrons. The molecule has 4 aliphatic carbocycles. The minimum Gasteiger partial charge on any atom is -0.457 e. The van der Waals surface area contributed by atoms with E-state index in [1.807, 2.05) is 24.3 Å². The van der Waals surface area contributed by atoms with Gasteiger partial charge in [0, 0.05) is 0 Å². The molecule has 2 saturated carbocycles. The predicted octanol–water partition coefficient (Wildman–Crippen LogP) is 5.47. The van der Waals surface area contributed by atoms with Crippen LogP contribution < -0.4 is 9.64 Å². The molecule has 1 aliphatic heterocycles. The summed E-state index contributed by atoms with van der Waals surface area (Å²) in [6, 6.07) is 13.6. The Kier molecular flexibility index (Phi) is 3.99. The first-order valence-electron chi connectivity index (χ1n) is 11.4. The van der Waals surface area contributed by atoms with Crippen molar-refractivity contribution in [2.45, 2.75) is 33.1 Å². The van der Waals surface area contributed by atoms with Crippen LogP contribution in [0.4, 0.5) is 5.69 Å². The van der Waals surface area contributed by atoms with Crippen LogP contribution in [0.2, 0.25) is 0 Å². The zero-order chi connectivity index (χ0) is 21.4. The molecule has 4 nitrogen and oxygen atoms in total. The summed E-state index contributed by atoms with van der Waals surface area (Å²) in [5, 5.41) is 0. The molecule has 31 heavy (non-hydrogen) atoms. The van der Waals surface area contributed by atoms with Crippen LogP contribution in [0.3, 0.4) is 0 Å². The van der Waals surface area contributed by atoms with Gasteiger partial charge in [-0.3, -0.25) is 14.5 Å². The van der Waals surface area contributed by atoms with E-state index >= 15 is 0 Å². The predicted molar refractivity (Wildman–Crippen MR) is 119 cm³/mol. The van der Waals surface area contributed by atoms with Gasteiger partial charge in [-0.1, -0.05) is 38.1 Å². The summed E-state index contributed by atoms with van der Waals surface area (Å²) < 4.78 is 6.18. The number of carbonyl (C=O) groups excluding carboxylic acids is 2. The Morgan fingerprint density at radius 1 is 0.903 bits per heavy atom. The highest BCUT2D eigenvalue weighted by atomic mass is 16.5. The summed E-state index contributed by atoms with van der Waals surface area (Å²) >= 11 is 0. The van der Waals surface area contributed by atoms with Crippen molar-refractivity contribution in [1.82, 2.24) is 0 Å². The van der Waals surface area contributed by atoms with Gasteiger partial charge in [0.25, 0.3) is 0 Å². The summed E-state index contributed by atoms with van der Waals surface area (Å²) in [6.07, 6.45) is 5.60. The number of anilines is 1. The fraction of sp³-hybridized carbons (Fsp3) is 0.407. The largest absolute Gasteiger partial charge is 0.457 e. The van der Waals surface area contributed by atoms with E-state index in [0.717, 1.165) is 16.9 Å². The lowest BCUT2D eigenvalue weighted by Crippen LogP contribution is -2.40. The number of nitrogens with zero attached hydrogens (tertiary/aromatic N) is 1. The topological polar surface area (TPSA) is 46.6 Å². The fourth-order valence-electron chi connectivity index (χ4n) is 6.21. The van der Waals surface area contributed by atoms with Gasteiger partial charge in [-0.15, -0.1) is 0 Å². The van der Waals surface area contributed by atoms with E-state index in [1.165, 1.54) is 11.3 Å². The monoisotopic (exact) mass is 413 g/mol. The van der Waals surface area contributed by atoms with E-state index in [1.54, 1.807) is 0 Å². The lowest BCUT2D eigenvalue weighted by atomic mass is 9.63. The average Bonchev–Trinajstić information content (AvgIpc) is 3.52. The summed E-state index contributed by atoms with van der Waals surface area (Å²) in [4.78, 5) is 28.0. The molecular weight excluding hydrogens is 386 g/mol. The summed E-state index contributed by atoms with van der Waals surface area (Å²) in [5.41, 5.74) is 2.96. The van der Waals surface area contributed by atoms with Gasteiger partial charge in [-0.2, -0.15) is 0 Å². The number of allylic oxidation sites excluding steroid dienone is 2. The molecule has 3 fully saturated rings. The number of hydrogen-bond acceptors (Lipinski definition) is 3. The van der Waals surface area contributed by atoms with Crippen LogP contribution in [-0.2, 0) is 9.59 Å². The van der Waals surface area contributed by atoms with Crippen molar-refractivity contribution in [3.8, 4) is 11.5 Å². The molecule has 2 aromatic carbocycles. The number of rotatable bonds is 4. The van der Waals surface area contributed by atoms with Crippen molar-refractivity contribution in [2.75, 3.05) is 4.90 Å². The molecule has 2 amide bonds. The highest BCUT2D eigenvalue weighted by Gasteiger charge is 2.67. The quantitative estimate of drug-likeness (QED) is 0.493. The molecule has 158 valence electrons. The number of benzene rings is 2. The van der Waals surface area contributed by atoms with Crippen LogP contribution in [0.1, 0.15) is 37.3 Å². The van der Waals surface area contributed by atoms with E-state index in [-0.39, 0.29) is 35.5 Å². The lowest BCUT2D eigenvalue weighted by Gasteiger charge is -2.37. The number of amides is 2. The van der Waals surface area contributed by atoms with Crippen molar-refractivity contribution in [3.63, 3.8) is 0 Å². The number of carbonyl (C=O) groups is 2. The highest BCUT2D eigenvalue weighted by molar-refractivity contribution is 6.22. The van der Waals surface area contributed by atoms with Crippen molar-refractivity contribution < 1.29 is 14.3 Å². The molecule has 4 heteroatoms. The molecule has 1 heterocycles. The highest BCUT2D eigenvalue weighted by Crippen LogP contribution is 2.65.